The van der Waals surface area contributed by atoms with E-state index in [1.807, 2.05) is 0 Å². The van der Waals surface area contributed by atoms with Crippen molar-refractivity contribution >= 4 is 0 Å². The van der Waals surface area contributed by atoms with Crippen molar-refractivity contribution in [1.29, 1.82) is 0 Å². The second kappa shape index (κ2) is 7.18. The van der Waals surface area contributed by atoms with Crippen LogP contribution in [0.25, 0.3) is 0 Å². The van der Waals surface area contributed by atoms with E-state index in [9.17, 15) is 0 Å². The van der Waals surface area contributed by atoms with Crippen LogP contribution >= 0.6 is 0 Å². The lowest BCUT2D eigenvalue weighted by atomic mass is 10.2. The fourth-order valence-corrected chi connectivity index (χ4v) is 2.87. The molecule has 110 valence electrons. The molecule has 0 aliphatic carbocycles. The number of hydrogen-bond donors (Lipinski definition) is 0. The van der Waals surface area contributed by atoms with Crippen LogP contribution in [0.3, 0.4) is 0 Å². The summed E-state index contributed by atoms with van der Waals surface area (Å²) in [4.78, 5) is 5.06. The molecule has 0 radical (unpaired) electrons. The van der Waals surface area contributed by atoms with Crippen LogP contribution in [0, 0.1) is 0 Å². The molecule has 0 saturated carbocycles. The Kier molecular flexibility index (Phi) is 5.03. The lowest BCUT2D eigenvalue weighted by molar-refractivity contribution is -0.0533. The van der Waals surface area contributed by atoms with Crippen LogP contribution in [0.1, 0.15) is 12.0 Å². The van der Waals surface area contributed by atoms with Crippen LogP contribution in [-0.2, 0) is 16.0 Å². The first-order valence-electron chi connectivity index (χ1n) is 7.62. The number of nitrogens with zero attached hydrogens (tertiary/aromatic N) is 2. The Balaban J connectivity index is 1.36. The van der Waals surface area contributed by atoms with E-state index in [1.54, 1.807) is 0 Å². The van der Waals surface area contributed by atoms with Gasteiger partial charge in [0.1, 0.15) is 0 Å². The van der Waals surface area contributed by atoms with Gasteiger partial charge >= 0.3 is 0 Å². The maximum atomic E-state index is 5.48. The summed E-state index contributed by atoms with van der Waals surface area (Å²) in [6, 6.07) is 10.7. The van der Waals surface area contributed by atoms with Crippen molar-refractivity contribution in [2.45, 2.75) is 19.3 Å². The fourth-order valence-electron chi connectivity index (χ4n) is 2.87. The van der Waals surface area contributed by atoms with E-state index in [-0.39, 0.29) is 6.29 Å². The summed E-state index contributed by atoms with van der Waals surface area (Å²) in [7, 11) is 0. The quantitative estimate of drug-likeness (QED) is 0.815. The van der Waals surface area contributed by atoms with Crippen LogP contribution in [-0.4, -0.2) is 62.0 Å². The maximum Gasteiger partial charge on any atom is 0.159 e. The standard InChI is InChI=1S/C16H24N2O2/c1-2-4-15(5-3-1)14-18-10-8-17(9-11-18)7-6-16-19-12-13-20-16/h1-5,16H,6-14H2. The highest BCUT2D eigenvalue weighted by atomic mass is 16.7. The van der Waals surface area contributed by atoms with Gasteiger partial charge < -0.3 is 14.4 Å². The van der Waals surface area contributed by atoms with Crippen LogP contribution < -0.4 is 0 Å². The highest BCUT2D eigenvalue weighted by Gasteiger charge is 2.20. The Bertz CT molecular complexity index is 385. The number of hydrogen-bond acceptors (Lipinski definition) is 4. The largest absolute Gasteiger partial charge is 0.350 e. The van der Waals surface area contributed by atoms with E-state index in [4.69, 9.17) is 9.47 Å². The monoisotopic (exact) mass is 276 g/mol. The molecule has 1 aromatic rings. The van der Waals surface area contributed by atoms with Gasteiger partial charge in [-0.1, -0.05) is 30.3 Å². The summed E-state index contributed by atoms with van der Waals surface area (Å²) >= 11 is 0. The van der Waals surface area contributed by atoms with Crippen molar-refractivity contribution in [3.8, 4) is 0 Å². The molecule has 1 aromatic carbocycles. The van der Waals surface area contributed by atoms with Gasteiger partial charge in [-0.3, -0.25) is 4.90 Å². The molecule has 0 spiro atoms. The van der Waals surface area contributed by atoms with E-state index in [2.05, 4.69) is 40.1 Å². The minimum atomic E-state index is 0.0392. The molecule has 2 saturated heterocycles. The van der Waals surface area contributed by atoms with Crippen LogP contribution in [0.4, 0.5) is 0 Å². The first-order chi connectivity index (χ1) is 9.90. The van der Waals surface area contributed by atoms with E-state index in [0.29, 0.717) is 0 Å². The predicted molar refractivity (Wildman–Crippen MR) is 78.5 cm³/mol. The molecule has 2 aliphatic heterocycles. The molecular formula is C16H24N2O2. The second-order valence-corrected chi connectivity index (χ2v) is 5.56. The molecule has 4 nitrogen and oxygen atoms in total. The molecule has 0 unspecified atom stereocenters. The zero-order valence-electron chi connectivity index (χ0n) is 12.0. The molecule has 0 bridgehead atoms. The van der Waals surface area contributed by atoms with Crippen molar-refractivity contribution in [3.05, 3.63) is 35.9 Å². The van der Waals surface area contributed by atoms with Crippen molar-refractivity contribution in [2.75, 3.05) is 45.9 Å². The fraction of sp³-hybridized carbons (Fsp3) is 0.625. The molecule has 0 atom stereocenters. The summed E-state index contributed by atoms with van der Waals surface area (Å²) in [5, 5.41) is 0. The van der Waals surface area contributed by atoms with Crippen molar-refractivity contribution in [1.82, 2.24) is 9.80 Å². The number of piperazine rings is 1. The maximum absolute atomic E-state index is 5.48. The summed E-state index contributed by atoms with van der Waals surface area (Å²) in [5.41, 5.74) is 1.41. The zero-order valence-corrected chi connectivity index (χ0v) is 12.0. The number of rotatable bonds is 5. The van der Waals surface area contributed by atoms with Crippen molar-refractivity contribution in [2.24, 2.45) is 0 Å². The minimum Gasteiger partial charge on any atom is -0.350 e. The minimum absolute atomic E-state index is 0.0392. The van der Waals surface area contributed by atoms with Crippen LogP contribution in [0.15, 0.2) is 30.3 Å². The van der Waals surface area contributed by atoms with Gasteiger partial charge in [-0.05, 0) is 5.56 Å². The first-order valence-corrected chi connectivity index (χ1v) is 7.62. The molecule has 0 N–H and O–H groups in total. The zero-order chi connectivity index (χ0) is 13.6. The van der Waals surface area contributed by atoms with E-state index in [0.717, 1.165) is 58.9 Å². The molecule has 0 aromatic heterocycles. The first kappa shape index (κ1) is 14.0. The Morgan fingerprint density at radius 2 is 1.55 bits per heavy atom. The Morgan fingerprint density at radius 1 is 0.900 bits per heavy atom. The van der Waals surface area contributed by atoms with Gasteiger partial charge in [0, 0.05) is 45.7 Å². The average Bonchev–Trinajstić information content (AvgIpc) is 3.01. The van der Waals surface area contributed by atoms with E-state index < -0.39 is 0 Å². The average molecular weight is 276 g/mol. The number of benzene rings is 1. The summed E-state index contributed by atoms with van der Waals surface area (Å²) in [6.07, 6.45) is 1.04. The van der Waals surface area contributed by atoms with Crippen LogP contribution in [0.2, 0.25) is 0 Å². The van der Waals surface area contributed by atoms with Gasteiger partial charge in [-0.15, -0.1) is 0 Å². The van der Waals surface area contributed by atoms with Gasteiger partial charge in [-0.25, -0.2) is 0 Å². The molecule has 3 rings (SSSR count). The van der Waals surface area contributed by atoms with Gasteiger partial charge in [-0.2, -0.15) is 0 Å². The Morgan fingerprint density at radius 3 is 2.25 bits per heavy atom. The summed E-state index contributed by atoms with van der Waals surface area (Å²) in [6.45, 7) is 8.29. The van der Waals surface area contributed by atoms with Gasteiger partial charge in [0.05, 0.1) is 13.2 Å². The highest BCUT2D eigenvalue weighted by Crippen LogP contribution is 2.12. The van der Waals surface area contributed by atoms with E-state index in [1.165, 1.54) is 5.56 Å². The highest BCUT2D eigenvalue weighted by molar-refractivity contribution is 5.14. The van der Waals surface area contributed by atoms with E-state index >= 15 is 0 Å². The number of ether oxygens (including phenoxy) is 2. The Hall–Kier alpha value is -0.940. The normalized spacial score (nSPS) is 22.4. The topological polar surface area (TPSA) is 24.9 Å². The van der Waals surface area contributed by atoms with Crippen molar-refractivity contribution < 1.29 is 9.47 Å². The summed E-state index contributed by atoms with van der Waals surface area (Å²) < 4.78 is 11.0. The molecule has 2 heterocycles. The predicted octanol–water partition coefficient (Wildman–Crippen LogP) is 1.57. The molecular weight excluding hydrogens is 252 g/mol. The third-order valence-electron chi connectivity index (χ3n) is 4.09. The van der Waals surface area contributed by atoms with Crippen molar-refractivity contribution in [3.63, 3.8) is 0 Å². The molecule has 4 heteroatoms. The van der Waals surface area contributed by atoms with Crippen LogP contribution in [0.5, 0.6) is 0 Å². The lowest BCUT2D eigenvalue weighted by Gasteiger charge is -2.35. The van der Waals surface area contributed by atoms with Gasteiger partial charge in [0.2, 0.25) is 0 Å². The lowest BCUT2D eigenvalue weighted by Crippen LogP contribution is -2.46. The molecule has 2 aliphatic rings. The third-order valence-corrected chi connectivity index (χ3v) is 4.09. The molecule has 0 amide bonds. The van der Waals surface area contributed by atoms with Gasteiger partial charge in [0.15, 0.2) is 6.29 Å². The molecule has 2 fully saturated rings. The van der Waals surface area contributed by atoms with Gasteiger partial charge in [0.25, 0.3) is 0 Å². The Labute approximate surface area is 121 Å². The smallest absolute Gasteiger partial charge is 0.159 e. The molecule has 20 heavy (non-hydrogen) atoms. The third kappa shape index (κ3) is 4.03. The SMILES string of the molecule is c1ccc(CN2CCN(CCC3OCCO3)CC2)cc1. The second-order valence-electron chi connectivity index (χ2n) is 5.56. The summed E-state index contributed by atoms with van der Waals surface area (Å²) in [5.74, 6) is 0.